The Balaban J connectivity index is 0.000000154. The second-order valence-corrected chi connectivity index (χ2v) is 22.2. The third-order valence-electron chi connectivity index (χ3n) is 14.2. The van der Waals surface area contributed by atoms with E-state index >= 15 is 0 Å². The van der Waals surface area contributed by atoms with Crippen LogP contribution in [0.5, 0.6) is 23.0 Å². The summed E-state index contributed by atoms with van der Waals surface area (Å²) in [6, 6.07) is 48.3. The van der Waals surface area contributed by atoms with E-state index in [-0.39, 0.29) is 48.5 Å². The summed E-state index contributed by atoms with van der Waals surface area (Å²) in [5, 5.41) is 14.8. The van der Waals surface area contributed by atoms with Crippen LogP contribution in [-0.4, -0.2) is 68.4 Å². The van der Waals surface area contributed by atoms with Gasteiger partial charge in [-0.3, -0.25) is 34.8 Å². The molecule has 0 aliphatic rings. The number of ketones is 1. The number of nitro groups is 1. The van der Waals surface area contributed by atoms with Gasteiger partial charge >= 0.3 is 17.9 Å². The van der Waals surface area contributed by atoms with E-state index in [1.165, 1.54) is 49.8 Å². The number of benzene rings is 8. The molecule has 99 heavy (non-hydrogen) atoms. The fourth-order valence-corrected chi connectivity index (χ4v) is 9.72. The van der Waals surface area contributed by atoms with E-state index < -0.39 is 46.1 Å². The standard InChI is InChI=1S/C19H15ClFNO3.C19H14F3NO3.C19H16N2O5.C18H14ClNO2/c1-2-24-19(23)14-8-13-4-5-15(9-18(13)22-10-14)25-11-12-3-6-17(21)16(20)7-12;1-2-25-19(24)13-7-12-3-4-14(8-17(12)23-9-13)26-10-11-5-15(20)18(22)16(21)6-11;1-2-25-19(22)15-9-14-6-7-17(10-18(14)20-11-15)26-12-13-4-3-5-16(8-13)21(23)24;1-12(21)15-8-14-5-6-17(9-18(14)20-10-15)22-11-13-3-2-4-16(19)7-13/h3-10H,2,11H2,1H3;3-9H,2,10H2,1H3;3-11H,2,12H2,1H3;2-10H,11H2,1H3. The number of esters is 3. The van der Waals surface area contributed by atoms with Crippen LogP contribution in [0, 0.1) is 33.4 Å². The van der Waals surface area contributed by atoms with Crippen molar-refractivity contribution in [3.05, 3.63) is 289 Å². The Morgan fingerprint density at radius 2 is 0.778 bits per heavy atom. The molecule has 0 aliphatic heterocycles. The molecule has 8 aromatic carbocycles. The van der Waals surface area contributed by atoms with Crippen LogP contribution < -0.4 is 18.9 Å². The number of nitro benzene ring substituents is 1. The second kappa shape index (κ2) is 34.4. The predicted molar refractivity (Wildman–Crippen MR) is 364 cm³/mol. The minimum atomic E-state index is -1.51. The number of hydrogen-bond acceptors (Lipinski definition) is 17. The molecule has 0 fully saturated rings. The maximum absolute atomic E-state index is 13.2. The lowest BCUT2D eigenvalue weighted by atomic mass is 10.1. The lowest BCUT2D eigenvalue weighted by Crippen LogP contribution is -2.05. The van der Waals surface area contributed by atoms with Gasteiger partial charge in [0.25, 0.3) is 5.69 Å². The number of carbonyl (C=O) groups excluding carboxylic acids is 4. The number of aromatic nitrogens is 4. The summed E-state index contributed by atoms with van der Waals surface area (Å²) in [7, 11) is 0. The molecule has 4 aromatic heterocycles. The summed E-state index contributed by atoms with van der Waals surface area (Å²) < 4.78 is 90.0. The lowest BCUT2D eigenvalue weighted by molar-refractivity contribution is -0.384. The summed E-state index contributed by atoms with van der Waals surface area (Å²) in [6.45, 7) is 8.41. The molecule has 0 N–H and O–H groups in total. The average Bonchev–Trinajstić information content (AvgIpc) is 0.849. The van der Waals surface area contributed by atoms with Crippen molar-refractivity contribution in [3.63, 3.8) is 0 Å². The van der Waals surface area contributed by atoms with Gasteiger partial charge in [0.2, 0.25) is 0 Å². The van der Waals surface area contributed by atoms with Crippen LogP contribution in [-0.2, 0) is 40.6 Å². The van der Waals surface area contributed by atoms with Gasteiger partial charge in [-0.15, -0.1) is 0 Å². The van der Waals surface area contributed by atoms with E-state index in [4.69, 9.17) is 56.4 Å². The molecule has 12 rings (SSSR count). The van der Waals surface area contributed by atoms with Gasteiger partial charge in [-0.25, -0.2) is 31.9 Å². The number of pyridine rings is 4. The van der Waals surface area contributed by atoms with E-state index in [9.17, 15) is 46.9 Å². The summed E-state index contributed by atoms with van der Waals surface area (Å²) in [4.78, 5) is 74.0. The van der Waals surface area contributed by atoms with Crippen LogP contribution in [0.2, 0.25) is 10.0 Å². The van der Waals surface area contributed by atoms with Crippen molar-refractivity contribution in [1.29, 1.82) is 0 Å². The number of rotatable bonds is 20. The van der Waals surface area contributed by atoms with E-state index in [0.29, 0.717) is 91.8 Å². The van der Waals surface area contributed by atoms with Gasteiger partial charge in [-0.05, 0) is 159 Å². The van der Waals surface area contributed by atoms with Gasteiger partial charge < -0.3 is 33.2 Å². The van der Waals surface area contributed by atoms with Gasteiger partial charge in [0.05, 0.1) is 68.5 Å². The van der Waals surface area contributed by atoms with Gasteiger partial charge in [0.1, 0.15) is 55.2 Å². The third kappa shape index (κ3) is 20.2. The Bertz CT molecular complexity index is 4930. The van der Waals surface area contributed by atoms with Crippen LogP contribution in [0.25, 0.3) is 43.6 Å². The highest BCUT2D eigenvalue weighted by Crippen LogP contribution is 2.28. The number of carbonyl (C=O) groups is 4. The fraction of sp³-hybridized carbons (Fsp3) is 0.147. The topological polar surface area (TPSA) is 228 Å². The normalized spacial score (nSPS) is 10.6. The Morgan fingerprint density at radius 3 is 1.15 bits per heavy atom. The zero-order valence-corrected chi connectivity index (χ0v) is 54.8. The van der Waals surface area contributed by atoms with Crippen molar-refractivity contribution in [2.45, 2.75) is 54.1 Å². The van der Waals surface area contributed by atoms with E-state index in [2.05, 4.69) is 19.9 Å². The molecule has 0 bridgehead atoms. The molecule has 0 saturated heterocycles. The molecule has 0 amide bonds. The first-order chi connectivity index (χ1) is 47.7. The van der Waals surface area contributed by atoms with Crippen molar-refractivity contribution in [3.8, 4) is 23.0 Å². The summed E-state index contributed by atoms with van der Waals surface area (Å²) >= 11 is 11.7. The predicted octanol–water partition coefficient (Wildman–Crippen LogP) is 17.8. The molecule has 0 spiro atoms. The first kappa shape index (κ1) is 71.7. The highest BCUT2D eigenvalue weighted by atomic mass is 35.5. The quantitative estimate of drug-likeness (QED) is 0.0131. The number of hydrogen-bond donors (Lipinski definition) is 0. The molecule has 0 unspecified atom stereocenters. The van der Waals surface area contributed by atoms with E-state index in [0.717, 1.165) is 50.7 Å². The van der Waals surface area contributed by atoms with Gasteiger partial charge in [0.15, 0.2) is 23.2 Å². The highest BCUT2D eigenvalue weighted by Gasteiger charge is 2.15. The zero-order valence-electron chi connectivity index (χ0n) is 53.3. The fourth-order valence-electron chi connectivity index (χ4n) is 9.31. The molecule has 4 heterocycles. The Labute approximate surface area is 573 Å². The first-order valence-electron chi connectivity index (χ1n) is 30.4. The summed E-state index contributed by atoms with van der Waals surface area (Å²) in [6.07, 6.45) is 5.93. The van der Waals surface area contributed by atoms with Crippen LogP contribution in [0.1, 0.15) is 91.4 Å². The van der Waals surface area contributed by atoms with Crippen LogP contribution in [0.15, 0.2) is 201 Å². The van der Waals surface area contributed by atoms with Crippen molar-refractivity contribution in [1.82, 2.24) is 19.9 Å². The molecule has 504 valence electrons. The lowest BCUT2D eigenvalue weighted by Gasteiger charge is -2.09. The maximum Gasteiger partial charge on any atom is 0.339 e. The van der Waals surface area contributed by atoms with Crippen LogP contribution in [0.3, 0.4) is 0 Å². The van der Waals surface area contributed by atoms with Crippen molar-refractivity contribution in [2.75, 3.05) is 19.8 Å². The third-order valence-corrected chi connectivity index (χ3v) is 14.7. The number of nitrogens with zero attached hydrogens (tertiary/aromatic N) is 5. The molecule has 0 radical (unpaired) electrons. The number of halogens is 6. The first-order valence-corrected chi connectivity index (χ1v) is 31.2. The molecular weight excluding hydrogens is 1330 g/mol. The number of non-ortho nitro benzene ring substituents is 1. The minimum absolute atomic E-state index is 0.00989. The largest absolute Gasteiger partial charge is 0.489 e. The van der Waals surface area contributed by atoms with Crippen molar-refractivity contribution < 1.29 is 74.8 Å². The number of fused-ring (bicyclic) bond motifs is 4. The van der Waals surface area contributed by atoms with Crippen molar-refractivity contribution >= 4 is 96.2 Å². The number of ether oxygens (including phenoxy) is 7. The van der Waals surface area contributed by atoms with E-state index in [1.807, 2.05) is 54.6 Å². The molecular formula is C75H59Cl2F4N5O13. The molecule has 24 heteroatoms. The number of Topliss-reactive ketones (excluding diaryl/α,β-unsaturated/α-hetero) is 1. The maximum atomic E-state index is 13.2. The Morgan fingerprint density at radius 1 is 0.414 bits per heavy atom. The Kier molecular flexibility index (Phi) is 24.9. The molecule has 0 saturated carbocycles. The zero-order chi connectivity index (χ0) is 70.5. The van der Waals surface area contributed by atoms with Gasteiger partial charge in [-0.2, -0.15) is 0 Å². The summed E-state index contributed by atoms with van der Waals surface area (Å²) in [5.41, 5.74) is 7.15. The molecule has 0 atom stereocenters. The van der Waals surface area contributed by atoms with Gasteiger partial charge in [-0.1, -0.05) is 53.5 Å². The monoisotopic (exact) mass is 1380 g/mol. The highest BCUT2D eigenvalue weighted by molar-refractivity contribution is 6.31. The smallest absolute Gasteiger partial charge is 0.339 e. The van der Waals surface area contributed by atoms with Crippen molar-refractivity contribution in [2.24, 2.45) is 0 Å². The van der Waals surface area contributed by atoms with Gasteiger partial charge in [0, 0.05) is 93.3 Å². The summed E-state index contributed by atoms with van der Waals surface area (Å²) in [5.74, 6) is -3.42. The molecule has 12 aromatic rings. The average molecular weight is 1390 g/mol. The Hall–Kier alpha value is -11.6. The molecule has 18 nitrogen and oxygen atoms in total. The van der Waals surface area contributed by atoms with Crippen LogP contribution >= 0.6 is 23.2 Å². The second-order valence-electron chi connectivity index (χ2n) is 21.4. The molecule has 0 aliphatic carbocycles. The van der Waals surface area contributed by atoms with E-state index in [1.54, 1.807) is 112 Å². The van der Waals surface area contributed by atoms with Crippen LogP contribution in [0.4, 0.5) is 23.2 Å². The SMILES string of the molecule is CC(=O)c1cnc2cc(OCc3cccc(Cl)c3)ccc2c1.CCOC(=O)c1cnc2cc(OCc3cc(F)c(F)c(F)c3)ccc2c1.CCOC(=O)c1cnc2cc(OCc3ccc(F)c(Cl)c3)ccc2c1.CCOC(=O)c1cnc2cc(OCc3cccc([N+](=O)[O-])c3)ccc2c1. The minimum Gasteiger partial charge on any atom is -0.489 e.